The van der Waals surface area contributed by atoms with Gasteiger partial charge in [0.05, 0.1) is 17.6 Å². The monoisotopic (exact) mass is 373 g/mol. The molecule has 0 aliphatic heterocycles. The average Bonchev–Trinajstić information content (AvgIpc) is 2.61. The number of nitrogens with zero attached hydrogens (tertiary/aromatic N) is 1. The maximum absolute atomic E-state index is 12.1. The van der Waals surface area contributed by atoms with E-state index in [0.717, 1.165) is 0 Å². The van der Waals surface area contributed by atoms with E-state index in [1.54, 1.807) is 31.2 Å². The molecule has 0 saturated heterocycles. The third-order valence-electron chi connectivity index (χ3n) is 3.28. The largest absolute Gasteiger partial charge is 0.494 e. The van der Waals surface area contributed by atoms with Crippen molar-refractivity contribution in [3.8, 4) is 11.5 Å². The van der Waals surface area contributed by atoms with Crippen molar-refractivity contribution in [2.45, 2.75) is 13.8 Å². The lowest BCUT2D eigenvalue weighted by molar-refractivity contribution is -0.384. The number of nitro groups is 1. The number of rotatable bonds is 8. The van der Waals surface area contributed by atoms with Crippen LogP contribution in [0, 0.1) is 10.1 Å². The highest BCUT2D eigenvalue weighted by atomic mass is 16.6. The highest BCUT2D eigenvalue weighted by molar-refractivity contribution is 5.94. The molecule has 2 aromatic carbocycles. The van der Waals surface area contributed by atoms with Crippen LogP contribution in [0.1, 0.15) is 13.8 Å². The predicted octanol–water partition coefficient (Wildman–Crippen LogP) is 2.97. The van der Waals surface area contributed by atoms with Gasteiger partial charge in [0.2, 0.25) is 5.91 Å². The minimum Gasteiger partial charge on any atom is -0.494 e. The van der Waals surface area contributed by atoms with Crippen LogP contribution in [0.15, 0.2) is 42.5 Å². The molecule has 0 saturated carbocycles. The van der Waals surface area contributed by atoms with E-state index in [0.29, 0.717) is 23.8 Å². The van der Waals surface area contributed by atoms with Gasteiger partial charge in [0.1, 0.15) is 17.2 Å². The Bertz CT molecular complexity index is 853. The van der Waals surface area contributed by atoms with Crippen molar-refractivity contribution in [3.63, 3.8) is 0 Å². The van der Waals surface area contributed by atoms with Gasteiger partial charge in [-0.2, -0.15) is 0 Å². The fourth-order valence-electron chi connectivity index (χ4n) is 2.23. The van der Waals surface area contributed by atoms with Crippen LogP contribution in [0.3, 0.4) is 0 Å². The van der Waals surface area contributed by atoms with Gasteiger partial charge in [0.25, 0.3) is 11.6 Å². The number of nitrogens with one attached hydrogen (secondary N) is 2. The fourth-order valence-corrected chi connectivity index (χ4v) is 2.23. The van der Waals surface area contributed by atoms with E-state index in [1.165, 1.54) is 25.1 Å². The van der Waals surface area contributed by atoms with Gasteiger partial charge in [0.15, 0.2) is 6.61 Å². The number of amides is 2. The summed E-state index contributed by atoms with van der Waals surface area (Å²) in [5.41, 5.74) is 0.300. The second kappa shape index (κ2) is 9.18. The summed E-state index contributed by atoms with van der Waals surface area (Å²) in [4.78, 5) is 33.7. The fraction of sp³-hybridized carbons (Fsp3) is 0.222. The summed E-state index contributed by atoms with van der Waals surface area (Å²) in [6, 6.07) is 10.7. The summed E-state index contributed by atoms with van der Waals surface area (Å²) in [6.45, 7) is 3.16. The van der Waals surface area contributed by atoms with Crippen LogP contribution in [-0.4, -0.2) is 30.0 Å². The zero-order chi connectivity index (χ0) is 19.8. The number of hydrogen-bond acceptors (Lipinski definition) is 6. The SMILES string of the molecule is CCOc1ccc(NC(=O)COc2cccc(NC(C)=O)c2)c([N+](=O)[O-])c1. The first kappa shape index (κ1) is 19.7. The third-order valence-corrected chi connectivity index (χ3v) is 3.28. The molecule has 2 rings (SSSR count). The first-order chi connectivity index (χ1) is 12.9. The van der Waals surface area contributed by atoms with Gasteiger partial charge < -0.3 is 20.1 Å². The highest BCUT2D eigenvalue weighted by Crippen LogP contribution is 2.29. The standard InChI is InChI=1S/C18H19N3O6/c1-3-26-15-7-8-16(17(10-15)21(24)25)20-18(23)11-27-14-6-4-5-13(9-14)19-12(2)22/h4-10H,3,11H2,1-2H3,(H,19,22)(H,20,23). The van der Waals surface area contributed by atoms with Gasteiger partial charge in [-0.05, 0) is 31.2 Å². The third kappa shape index (κ3) is 5.99. The molecule has 2 aromatic rings. The second-order valence-corrected chi connectivity index (χ2v) is 5.41. The molecule has 0 radical (unpaired) electrons. The van der Waals surface area contributed by atoms with Gasteiger partial charge in [0, 0.05) is 18.7 Å². The molecule has 0 spiro atoms. The Morgan fingerprint density at radius 3 is 2.48 bits per heavy atom. The smallest absolute Gasteiger partial charge is 0.296 e. The molecule has 0 heterocycles. The normalized spacial score (nSPS) is 10.0. The van der Waals surface area contributed by atoms with E-state index in [1.807, 2.05) is 0 Å². The first-order valence-corrected chi connectivity index (χ1v) is 8.10. The molecule has 0 unspecified atom stereocenters. The number of carbonyl (C=O) groups excluding carboxylic acids is 2. The molecular weight excluding hydrogens is 354 g/mol. The Morgan fingerprint density at radius 1 is 1.07 bits per heavy atom. The molecule has 142 valence electrons. The van der Waals surface area contributed by atoms with Crippen LogP contribution in [0.25, 0.3) is 0 Å². The van der Waals surface area contributed by atoms with E-state index in [4.69, 9.17) is 9.47 Å². The molecule has 9 nitrogen and oxygen atoms in total. The van der Waals surface area contributed by atoms with E-state index >= 15 is 0 Å². The summed E-state index contributed by atoms with van der Waals surface area (Å²) < 4.78 is 10.6. The van der Waals surface area contributed by atoms with Gasteiger partial charge in [-0.3, -0.25) is 19.7 Å². The summed E-state index contributed by atoms with van der Waals surface area (Å²) in [5, 5.41) is 16.2. The van der Waals surface area contributed by atoms with Crippen molar-refractivity contribution in [2.75, 3.05) is 23.8 Å². The molecule has 2 amide bonds. The summed E-state index contributed by atoms with van der Waals surface area (Å²) in [7, 11) is 0. The number of ether oxygens (including phenoxy) is 2. The predicted molar refractivity (Wildman–Crippen MR) is 99.1 cm³/mol. The van der Waals surface area contributed by atoms with Crippen molar-refractivity contribution < 1.29 is 24.0 Å². The average molecular weight is 373 g/mol. The van der Waals surface area contributed by atoms with Gasteiger partial charge in [-0.25, -0.2) is 0 Å². The second-order valence-electron chi connectivity index (χ2n) is 5.41. The maximum atomic E-state index is 12.1. The van der Waals surface area contributed by atoms with Crippen molar-refractivity contribution in [1.82, 2.24) is 0 Å². The molecule has 0 atom stereocenters. The van der Waals surface area contributed by atoms with Gasteiger partial charge in [-0.1, -0.05) is 6.07 Å². The van der Waals surface area contributed by atoms with Crippen LogP contribution < -0.4 is 20.1 Å². The summed E-state index contributed by atoms with van der Waals surface area (Å²) in [5.74, 6) is -0.0780. The molecule has 27 heavy (non-hydrogen) atoms. The molecular formula is C18H19N3O6. The Labute approximate surface area is 155 Å². The molecule has 0 aliphatic rings. The van der Waals surface area contributed by atoms with Crippen LogP contribution in [0.5, 0.6) is 11.5 Å². The number of hydrogen-bond donors (Lipinski definition) is 2. The van der Waals surface area contributed by atoms with E-state index in [9.17, 15) is 19.7 Å². The van der Waals surface area contributed by atoms with E-state index < -0.39 is 10.8 Å². The van der Waals surface area contributed by atoms with Gasteiger partial charge in [-0.15, -0.1) is 0 Å². The maximum Gasteiger partial charge on any atom is 0.296 e. The Kier molecular flexibility index (Phi) is 6.70. The minimum atomic E-state index is -0.601. The van der Waals surface area contributed by atoms with Crippen LogP contribution >= 0.6 is 0 Å². The number of nitro benzene ring substituents is 1. The van der Waals surface area contributed by atoms with Crippen molar-refractivity contribution in [2.24, 2.45) is 0 Å². The molecule has 0 aromatic heterocycles. The first-order valence-electron chi connectivity index (χ1n) is 8.10. The Balaban J connectivity index is 2.01. The van der Waals surface area contributed by atoms with E-state index in [2.05, 4.69) is 10.6 Å². The summed E-state index contributed by atoms with van der Waals surface area (Å²) >= 11 is 0. The van der Waals surface area contributed by atoms with Crippen LogP contribution in [0.2, 0.25) is 0 Å². The number of benzene rings is 2. The van der Waals surface area contributed by atoms with E-state index in [-0.39, 0.29) is 23.9 Å². The quantitative estimate of drug-likeness (QED) is 0.542. The highest BCUT2D eigenvalue weighted by Gasteiger charge is 2.17. The van der Waals surface area contributed by atoms with Gasteiger partial charge >= 0.3 is 0 Å². The zero-order valence-corrected chi connectivity index (χ0v) is 14.9. The van der Waals surface area contributed by atoms with Crippen LogP contribution in [-0.2, 0) is 9.59 Å². The summed E-state index contributed by atoms with van der Waals surface area (Å²) in [6.07, 6.45) is 0. The van der Waals surface area contributed by atoms with Crippen molar-refractivity contribution >= 4 is 28.9 Å². The van der Waals surface area contributed by atoms with Crippen molar-refractivity contribution in [3.05, 3.63) is 52.6 Å². The Morgan fingerprint density at radius 2 is 1.81 bits per heavy atom. The number of carbonyl (C=O) groups is 2. The van der Waals surface area contributed by atoms with Crippen LogP contribution in [0.4, 0.5) is 17.1 Å². The van der Waals surface area contributed by atoms with Crippen molar-refractivity contribution in [1.29, 1.82) is 0 Å². The topological polar surface area (TPSA) is 120 Å². The molecule has 2 N–H and O–H groups in total. The Hall–Kier alpha value is -3.62. The number of anilines is 2. The molecule has 9 heteroatoms. The zero-order valence-electron chi connectivity index (χ0n) is 14.9. The lowest BCUT2D eigenvalue weighted by Crippen LogP contribution is -2.20. The molecule has 0 bridgehead atoms. The molecule has 0 fully saturated rings. The lowest BCUT2D eigenvalue weighted by Gasteiger charge is -2.10. The minimum absolute atomic E-state index is 0.0454. The lowest BCUT2D eigenvalue weighted by atomic mass is 10.2. The molecule has 0 aliphatic carbocycles.